The fourth-order valence-electron chi connectivity index (χ4n) is 15.9. The molecule has 0 atom stereocenters. The minimum atomic E-state index is -0.280. The molecule has 0 fully saturated rings. The molecule has 13 aromatic carbocycles. The summed E-state index contributed by atoms with van der Waals surface area (Å²) in [6.07, 6.45) is 0. The predicted molar refractivity (Wildman–Crippen MR) is 358 cm³/mol. The lowest BCUT2D eigenvalue weighted by atomic mass is 9.31. The van der Waals surface area contributed by atoms with Crippen LogP contribution in [0.15, 0.2) is 231 Å². The van der Waals surface area contributed by atoms with Crippen LogP contribution in [0.1, 0.15) is 27.8 Å². The number of aryl methyl sites for hydroxylation is 1. The van der Waals surface area contributed by atoms with E-state index in [0.29, 0.717) is 22.3 Å². The van der Waals surface area contributed by atoms with E-state index in [1.165, 1.54) is 49.1 Å². The number of rotatable bonds is 4. The number of para-hydroxylation sites is 4. The maximum Gasteiger partial charge on any atom is 0.244 e. The largest absolute Gasteiger partial charge is 0.309 e. The van der Waals surface area contributed by atoms with E-state index in [1.807, 2.05) is 48.5 Å². The zero-order chi connectivity index (χ0) is 58.4. The average Bonchev–Trinajstić information content (AvgIpc) is 1.27. The Hall–Kier alpha value is -12.4. The molecule has 6 heterocycles. The Morgan fingerprint density at radius 1 is 0.273 bits per heavy atom. The van der Waals surface area contributed by atoms with E-state index in [0.717, 1.165) is 127 Å². The van der Waals surface area contributed by atoms with E-state index < -0.39 is 0 Å². The first-order chi connectivity index (χ1) is 43.4. The van der Waals surface area contributed by atoms with Crippen molar-refractivity contribution in [3.63, 3.8) is 0 Å². The Kier molecular flexibility index (Phi) is 9.47. The van der Waals surface area contributed by atoms with Gasteiger partial charge < -0.3 is 18.3 Å². The number of nitrogens with zero attached hydrogens (tertiary/aromatic N) is 8. The molecule has 0 saturated heterocycles. The van der Waals surface area contributed by atoms with Crippen LogP contribution in [0.3, 0.4) is 0 Å². The van der Waals surface area contributed by atoms with E-state index in [1.54, 1.807) is 0 Å². The summed E-state index contributed by atoms with van der Waals surface area (Å²) in [4.78, 5) is 0. The molecule has 0 bridgehead atoms. The molecular weight excluding hydrogens is 1070 g/mol. The molecule has 0 amide bonds. The fourth-order valence-corrected chi connectivity index (χ4v) is 15.9. The van der Waals surface area contributed by atoms with Crippen LogP contribution >= 0.6 is 0 Å². The summed E-state index contributed by atoms with van der Waals surface area (Å²) in [5, 5.41) is 54.3. The first kappa shape index (κ1) is 48.0. The normalized spacial score (nSPS) is 12.3. The predicted octanol–water partition coefficient (Wildman–Crippen LogP) is 16.7. The van der Waals surface area contributed by atoms with Gasteiger partial charge in [-0.2, -0.15) is 21.0 Å². The van der Waals surface area contributed by atoms with Gasteiger partial charge in [-0.25, -0.2) is 0 Å². The monoisotopic (exact) mass is 1110 g/mol. The second-order valence-corrected chi connectivity index (χ2v) is 23.6. The summed E-state index contributed by atoms with van der Waals surface area (Å²) >= 11 is 0. The summed E-state index contributed by atoms with van der Waals surface area (Å²) in [7, 11) is 0. The number of nitriles is 4. The van der Waals surface area contributed by atoms with Crippen LogP contribution < -0.4 is 16.4 Å². The molecule has 400 valence electrons. The van der Waals surface area contributed by atoms with Crippen LogP contribution in [0.4, 0.5) is 0 Å². The van der Waals surface area contributed by atoms with E-state index >= 15 is 0 Å². The SMILES string of the molecule is Cc1cc2c3c(c1)-c1cc4c(c5ccccc5n4-c4ccc(C#N)cc4)c4c1c(cc1c4c4ccccc4n1-c1ccc(C#N)cc1)B3c1cc3c(c4ccccc4n3-c3ccc(C#N)cc3)c3c1c-2cc1c3c2ccccc2n1-c1ccc(C#N)cc1. The summed E-state index contributed by atoms with van der Waals surface area (Å²) in [5.41, 5.74) is 24.3. The zero-order valence-corrected chi connectivity index (χ0v) is 47.1. The van der Waals surface area contributed by atoms with Crippen LogP contribution in [-0.2, 0) is 0 Å². The number of hydrogen-bond donors (Lipinski definition) is 0. The standard InChI is InChI=1S/C79H41BN8/c1-44-34-59-57-36-67-73(53-10-2-6-14-63(53)85(67)49-26-18-45(40-81)19-27-49)77-71(57)61(38-69-75(77)55-12-4-8-16-65(55)87(69)51-30-22-47(42-83)23-31-51)80-62-39-70-76(56-13-5-9-17-66(56)88(70)52-32-24-48(43-84)25-33-52)78-72(62)58(60(35-44)79(59)80)37-68-74(78)54-11-3-7-15-64(54)86(68)50-28-20-46(41-82)21-29-50/h2-39H,1H3. The molecule has 0 radical (unpaired) electrons. The maximum absolute atomic E-state index is 10.1. The van der Waals surface area contributed by atoms with Crippen molar-refractivity contribution < 1.29 is 0 Å². The highest BCUT2D eigenvalue weighted by atomic mass is 15.0. The van der Waals surface area contributed by atoms with Crippen LogP contribution in [0, 0.1) is 52.2 Å². The van der Waals surface area contributed by atoms with Gasteiger partial charge in [0.2, 0.25) is 6.71 Å². The van der Waals surface area contributed by atoms with Crippen molar-refractivity contribution in [1.29, 1.82) is 21.0 Å². The maximum atomic E-state index is 10.1. The smallest absolute Gasteiger partial charge is 0.244 e. The van der Waals surface area contributed by atoms with E-state index in [4.69, 9.17) is 0 Å². The van der Waals surface area contributed by atoms with E-state index in [-0.39, 0.29) is 6.71 Å². The Morgan fingerprint density at radius 2 is 0.545 bits per heavy atom. The molecule has 0 N–H and O–H groups in total. The molecule has 4 aromatic heterocycles. The lowest BCUT2D eigenvalue weighted by Crippen LogP contribution is -2.57. The van der Waals surface area contributed by atoms with Gasteiger partial charge >= 0.3 is 0 Å². The van der Waals surface area contributed by atoms with Gasteiger partial charge in [0, 0.05) is 76.6 Å². The molecule has 0 saturated carbocycles. The van der Waals surface area contributed by atoms with Crippen molar-refractivity contribution >= 4 is 132 Å². The zero-order valence-electron chi connectivity index (χ0n) is 47.1. The lowest BCUT2D eigenvalue weighted by molar-refractivity contribution is 1.18. The molecular formula is C79H41BN8. The van der Waals surface area contributed by atoms with Crippen molar-refractivity contribution in [3.05, 3.63) is 258 Å². The van der Waals surface area contributed by atoms with Crippen molar-refractivity contribution in [3.8, 4) is 69.3 Å². The van der Waals surface area contributed by atoms with Gasteiger partial charge in [0.15, 0.2) is 0 Å². The lowest BCUT2D eigenvalue weighted by Gasteiger charge is -2.35. The summed E-state index contributed by atoms with van der Waals surface area (Å²) in [6, 6.07) is 91.2. The van der Waals surface area contributed by atoms with Crippen molar-refractivity contribution in [2.75, 3.05) is 0 Å². The Labute approximate surface area is 502 Å². The van der Waals surface area contributed by atoms with Gasteiger partial charge in [-0.1, -0.05) is 101 Å². The molecule has 17 aromatic rings. The highest BCUT2D eigenvalue weighted by Gasteiger charge is 2.42. The second-order valence-electron chi connectivity index (χ2n) is 23.6. The van der Waals surface area contributed by atoms with Crippen molar-refractivity contribution in [2.24, 2.45) is 0 Å². The number of benzene rings is 13. The van der Waals surface area contributed by atoms with Crippen molar-refractivity contribution in [2.45, 2.75) is 6.92 Å². The summed E-state index contributed by atoms with van der Waals surface area (Å²) in [6.45, 7) is 1.96. The fraction of sp³-hybridized carbons (Fsp3) is 0.0127. The van der Waals surface area contributed by atoms with Crippen LogP contribution in [-0.4, -0.2) is 25.0 Å². The van der Waals surface area contributed by atoms with Crippen molar-refractivity contribution in [1.82, 2.24) is 18.3 Å². The Morgan fingerprint density at radius 3 is 0.830 bits per heavy atom. The van der Waals surface area contributed by atoms with E-state index in [9.17, 15) is 21.0 Å². The first-order valence-corrected chi connectivity index (χ1v) is 29.5. The Bertz CT molecular complexity index is 5840. The van der Waals surface area contributed by atoms with Gasteiger partial charge in [0.1, 0.15) is 0 Å². The number of aromatic nitrogens is 4. The molecule has 8 nitrogen and oxygen atoms in total. The first-order valence-electron chi connectivity index (χ1n) is 29.5. The molecule has 0 spiro atoms. The molecule has 9 heteroatoms. The van der Waals surface area contributed by atoms with Gasteiger partial charge in [0.25, 0.3) is 0 Å². The average molecular weight is 1110 g/mol. The highest BCUT2D eigenvalue weighted by molar-refractivity contribution is 7.02. The number of hydrogen-bond acceptors (Lipinski definition) is 4. The summed E-state index contributed by atoms with van der Waals surface area (Å²) < 4.78 is 9.60. The molecule has 0 unspecified atom stereocenters. The molecule has 2 aliphatic heterocycles. The van der Waals surface area contributed by atoms with Gasteiger partial charge in [-0.15, -0.1) is 0 Å². The molecule has 88 heavy (non-hydrogen) atoms. The van der Waals surface area contributed by atoms with Crippen LogP contribution in [0.25, 0.3) is 154 Å². The van der Waals surface area contributed by atoms with Gasteiger partial charge in [-0.3, -0.25) is 0 Å². The second kappa shape index (κ2) is 17.4. The minimum absolute atomic E-state index is 0.280. The third-order valence-corrected chi connectivity index (χ3v) is 19.2. The molecule has 2 aliphatic rings. The molecule has 0 aliphatic carbocycles. The summed E-state index contributed by atoms with van der Waals surface area (Å²) in [5.74, 6) is 0. The third kappa shape index (κ3) is 6.13. The van der Waals surface area contributed by atoms with Crippen LogP contribution in [0.5, 0.6) is 0 Å². The third-order valence-electron chi connectivity index (χ3n) is 19.2. The number of fused-ring (bicyclic) bond motifs is 20. The minimum Gasteiger partial charge on any atom is -0.309 e. The highest BCUT2D eigenvalue weighted by Crippen LogP contribution is 2.52. The van der Waals surface area contributed by atoms with Gasteiger partial charge in [-0.05, 0) is 191 Å². The van der Waals surface area contributed by atoms with Gasteiger partial charge in [0.05, 0.1) is 90.7 Å². The quantitative estimate of drug-likeness (QED) is 0.163. The molecule has 19 rings (SSSR count). The van der Waals surface area contributed by atoms with E-state index in [2.05, 4.69) is 231 Å². The van der Waals surface area contributed by atoms with Crippen LogP contribution in [0.2, 0.25) is 0 Å². The Balaban J connectivity index is 1.07. The topological polar surface area (TPSA) is 115 Å².